The van der Waals surface area contributed by atoms with E-state index in [-0.39, 0.29) is 5.41 Å². The molecule has 0 amide bonds. The molecule has 0 aliphatic carbocycles. The monoisotopic (exact) mass is 284 g/mol. The summed E-state index contributed by atoms with van der Waals surface area (Å²) in [5.41, 5.74) is 0.604. The summed E-state index contributed by atoms with van der Waals surface area (Å²) in [5, 5.41) is 3.07. The van der Waals surface area contributed by atoms with Crippen molar-refractivity contribution in [3.63, 3.8) is 0 Å². The first kappa shape index (κ1) is 16.0. The molecular formula is C14H24N2O2S. The Labute approximate surface area is 116 Å². The van der Waals surface area contributed by atoms with Crippen LogP contribution in [0.1, 0.15) is 34.1 Å². The van der Waals surface area contributed by atoms with Gasteiger partial charge in [0.05, 0.1) is 5.69 Å². The Morgan fingerprint density at radius 2 is 1.79 bits per heavy atom. The van der Waals surface area contributed by atoms with Crippen molar-refractivity contribution in [2.75, 3.05) is 18.4 Å². The molecule has 1 aromatic rings. The quantitative estimate of drug-likeness (QED) is 0.809. The van der Waals surface area contributed by atoms with Gasteiger partial charge < -0.3 is 5.32 Å². The SMILES string of the molecule is CCNc1ccccc1S(=O)(=O)NCC(C)(C)CC. The molecular weight excluding hydrogens is 260 g/mol. The first-order chi connectivity index (χ1) is 8.82. The molecule has 0 aromatic heterocycles. The molecule has 0 spiro atoms. The van der Waals surface area contributed by atoms with Crippen molar-refractivity contribution in [3.05, 3.63) is 24.3 Å². The van der Waals surface area contributed by atoms with E-state index in [0.717, 1.165) is 6.42 Å². The maximum atomic E-state index is 12.3. The second kappa shape index (κ2) is 6.39. The smallest absolute Gasteiger partial charge is 0.242 e. The van der Waals surface area contributed by atoms with E-state index in [1.54, 1.807) is 18.2 Å². The molecule has 108 valence electrons. The van der Waals surface area contributed by atoms with Crippen LogP contribution in [-0.2, 0) is 10.0 Å². The lowest BCUT2D eigenvalue weighted by molar-refractivity contribution is 0.350. The molecule has 0 saturated heterocycles. The minimum absolute atomic E-state index is 0.0415. The number of sulfonamides is 1. The number of para-hydroxylation sites is 1. The van der Waals surface area contributed by atoms with Gasteiger partial charge >= 0.3 is 0 Å². The lowest BCUT2D eigenvalue weighted by Crippen LogP contribution is -2.34. The van der Waals surface area contributed by atoms with Crippen LogP contribution in [-0.4, -0.2) is 21.5 Å². The number of hydrogen-bond donors (Lipinski definition) is 2. The second-order valence-electron chi connectivity index (χ2n) is 5.37. The summed E-state index contributed by atoms with van der Waals surface area (Å²) < 4.78 is 27.4. The van der Waals surface area contributed by atoms with E-state index in [1.165, 1.54) is 0 Å². The number of hydrogen-bond acceptors (Lipinski definition) is 3. The van der Waals surface area contributed by atoms with E-state index in [0.29, 0.717) is 23.7 Å². The average molecular weight is 284 g/mol. The molecule has 1 aromatic carbocycles. The third-order valence-corrected chi connectivity index (χ3v) is 4.70. The summed E-state index contributed by atoms with van der Waals surface area (Å²) in [5.74, 6) is 0. The first-order valence-corrected chi connectivity index (χ1v) is 8.13. The highest BCUT2D eigenvalue weighted by Crippen LogP contribution is 2.23. The summed E-state index contributed by atoms with van der Waals surface area (Å²) in [6.45, 7) is 9.22. The minimum atomic E-state index is -3.47. The minimum Gasteiger partial charge on any atom is -0.384 e. The molecule has 0 fully saturated rings. The molecule has 19 heavy (non-hydrogen) atoms. The molecule has 0 heterocycles. The molecule has 0 unspecified atom stereocenters. The summed E-state index contributed by atoms with van der Waals surface area (Å²) in [6, 6.07) is 6.97. The van der Waals surface area contributed by atoms with Crippen molar-refractivity contribution in [2.45, 2.75) is 39.0 Å². The third-order valence-electron chi connectivity index (χ3n) is 3.24. The van der Waals surface area contributed by atoms with E-state index in [2.05, 4.69) is 17.0 Å². The molecule has 0 bridgehead atoms. The predicted octanol–water partition coefficient (Wildman–Crippen LogP) is 2.83. The van der Waals surface area contributed by atoms with Gasteiger partial charge in [0.25, 0.3) is 0 Å². The van der Waals surface area contributed by atoms with E-state index in [4.69, 9.17) is 0 Å². The molecule has 0 radical (unpaired) electrons. The zero-order valence-electron chi connectivity index (χ0n) is 12.2. The Hall–Kier alpha value is -1.07. The van der Waals surface area contributed by atoms with Crippen LogP contribution >= 0.6 is 0 Å². The number of anilines is 1. The van der Waals surface area contributed by atoms with Crippen molar-refractivity contribution < 1.29 is 8.42 Å². The van der Waals surface area contributed by atoms with Gasteiger partial charge in [-0.05, 0) is 30.9 Å². The highest BCUT2D eigenvalue weighted by Gasteiger charge is 2.22. The predicted molar refractivity (Wildman–Crippen MR) is 79.9 cm³/mol. The van der Waals surface area contributed by atoms with E-state index in [9.17, 15) is 8.42 Å². The molecule has 0 aliphatic rings. The average Bonchev–Trinajstić information content (AvgIpc) is 2.38. The van der Waals surface area contributed by atoms with Gasteiger partial charge in [-0.1, -0.05) is 32.9 Å². The molecule has 1 rings (SSSR count). The van der Waals surface area contributed by atoms with Gasteiger partial charge in [0.15, 0.2) is 0 Å². The Balaban J connectivity index is 2.95. The Morgan fingerprint density at radius 3 is 2.37 bits per heavy atom. The lowest BCUT2D eigenvalue weighted by Gasteiger charge is -2.23. The maximum Gasteiger partial charge on any atom is 0.242 e. The number of nitrogens with one attached hydrogen (secondary N) is 2. The summed E-state index contributed by atoms with van der Waals surface area (Å²) in [6.07, 6.45) is 0.921. The van der Waals surface area contributed by atoms with Gasteiger partial charge in [0.2, 0.25) is 10.0 Å². The van der Waals surface area contributed by atoms with Crippen LogP contribution in [0.3, 0.4) is 0 Å². The van der Waals surface area contributed by atoms with Crippen molar-refractivity contribution in [3.8, 4) is 0 Å². The van der Waals surface area contributed by atoms with Gasteiger partial charge in [0, 0.05) is 13.1 Å². The van der Waals surface area contributed by atoms with E-state index in [1.807, 2.05) is 26.8 Å². The maximum absolute atomic E-state index is 12.3. The highest BCUT2D eigenvalue weighted by molar-refractivity contribution is 7.89. The fourth-order valence-corrected chi connectivity index (χ4v) is 2.95. The molecule has 4 nitrogen and oxygen atoms in total. The van der Waals surface area contributed by atoms with Crippen molar-refractivity contribution in [2.24, 2.45) is 5.41 Å². The van der Waals surface area contributed by atoms with Gasteiger partial charge in [-0.15, -0.1) is 0 Å². The van der Waals surface area contributed by atoms with Crippen molar-refractivity contribution in [1.29, 1.82) is 0 Å². The molecule has 0 saturated carbocycles. The normalized spacial score (nSPS) is 12.4. The highest BCUT2D eigenvalue weighted by atomic mass is 32.2. The van der Waals surface area contributed by atoms with Crippen LogP contribution in [0.5, 0.6) is 0 Å². The van der Waals surface area contributed by atoms with Crippen LogP contribution in [0, 0.1) is 5.41 Å². The second-order valence-corrected chi connectivity index (χ2v) is 7.10. The zero-order valence-corrected chi connectivity index (χ0v) is 13.0. The zero-order chi connectivity index (χ0) is 14.5. The van der Waals surface area contributed by atoms with Crippen LogP contribution in [0.25, 0.3) is 0 Å². The van der Waals surface area contributed by atoms with E-state index >= 15 is 0 Å². The van der Waals surface area contributed by atoms with Gasteiger partial charge in [0.1, 0.15) is 4.90 Å². The summed E-state index contributed by atoms with van der Waals surface area (Å²) >= 11 is 0. The van der Waals surface area contributed by atoms with Gasteiger partial charge in [-0.25, -0.2) is 13.1 Å². The molecule has 0 atom stereocenters. The standard InChI is InChI=1S/C14H24N2O2S/c1-5-14(3,4)11-16-19(17,18)13-10-8-7-9-12(13)15-6-2/h7-10,15-16H,5-6,11H2,1-4H3. The summed E-state index contributed by atoms with van der Waals surface area (Å²) in [7, 11) is -3.47. The van der Waals surface area contributed by atoms with Gasteiger partial charge in [-0.2, -0.15) is 0 Å². The first-order valence-electron chi connectivity index (χ1n) is 6.65. The molecule has 5 heteroatoms. The van der Waals surface area contributed by atoms with Crippen molar-refractivity contribution in [1.82, 2.24) is 4.72 Å². The molecule has 2 N–H and O–H groups in total. The number of rotatable bonds is 7. The fourth-order valence-electron chi connectivity index (χ4n) is 1.53. The van der Waals surface area contributed by atoms with Crippen LogP contribution in [0.4, 0.5) is 5.69 Å². The Kier molecular flexibility index (Phi) is 5.38. The number of benzene rings is 1. The van der Waals surface area contributed by atoms with Crippen molar-refractivity contribution >= 4 is 15.7 Å². The lowest BCUT2D eigenvalue weighted by atomic mass is 9.91. The Morgan fingerprint density at radius 1 is 1.16 bits per heavy atom. The largest absolute Gasteiger partial charge is 0.384 e. The van der Waals surface area contributed by atoms with Gasteiger partial charge in [-0.3, -0.25) is 0 Å². The van der Waals surface area contributed by atoms with Crippen LogP contribution in [0.2, 0.25) is 0 Å². The van der Waals surface area contributed by atoms with Crippen LogP contribution < -0.4 is 10.0 Å². The topological polar surface area (TPSA) is 58.2 Å². The fraction of sp³-hybridized carbons (Fsp3) is 0.571. The van der Waals surface area contributed by atoms with E-state index < -0.39 is 10.0 Å². The third kappa shape index (κ3) is 4.51. The molecule has 0 aliphatic heterocycles. The summed E-state index contributed by atoms with van der Waals surface area (Å²) in [4.78, 5) is 0.309. The Bertz CT molecular complexity index is 510. The van der Waals surface area contributed by atoms with Crippen LogP contribution in [0.15, 0.2) is 29.2 Å².